The van der Waals surface area contributed by atoms with Crippen molar-refractivity contribution < 1.29 is 27.9 Å². The van der Waals surface area contributed by atoms with Crippen LogP contribution in [0.15, 0.2) is 72.8 Å². The van der Waals surface area contributed by atoms with E-state index in [0.717, 1.165) is 53.1 Å². The van der Waals surface area contributed by atoms with E-state index in [0.29, 0.717) is 18.9 Å². The summed E-state index contributed by atoms with van der Waals surface area (Å²) in [6.07, 6.45) is 6.02. The second-order valence-electron chi connectivity index (χ2n) is 12.5. The lowest BCUT2D eigenvalue weighted by Gasteiger charge is -2.28. The molecule has 3 aromatic carbocycles. The number of amides is 2. The van der Waals surface area contributed by atoms with Crippen LogP contribution in [0.1, 0.15) is 70.9 Å². The van der Waals surface area contributed by atoms with Crippen molar-refractivity contribution in [2.45, 2.75) is 70.2 Å². The lowest BCUT2D eigenvalue weighted by atomic mass is 9.84. The van der Waals surface area contributed by atoms with E-state index in [-0.39, 0.29) is 35.3 Å². The first-order chi connectivity index (χ1) is 22.4. The highest BCUT2D eigenvalue weighted by molar-refractivity contribution is 7.92. The second-order valence-corrected chi connectivity index (χ2v) is 14.5. The van der Waals surface area contributed by atoms with Gasteiger partial charge >= 0.3 is 0 Å². The first kappa shape index (κ1) is 35.9. The van der Waals surface area contributed by atoms with Gasteiger partial charge in [0.25, 0.3) is 11.8 Å². The molecule has 254 valence electrons. The number of hydrogen-bond acceptors (Lipinski definition) is 7. The van der Waals surface area contributed by atoms with Gasteiger partial charge in [0.2, 0.25) is 10.0 Å². The fraction of sp³-hybridized carbons (Fsp3) is 0.444. The number of anilines is 1. The van der Waals surface area contributed by atoms with E-state index in [2.05, 4.69) is 16.0 Å². The molecule has 3 atom stereocenters. The summed E-state index contributed by atoms with van der Waals surface area (Å²) in [7, 11) is -0.692. The fourth-order valence-corrected chi connectivity index (χ4v) is 6.47. The molecule has 1 fully saturated rings. The summed E-state index contributed by atoms with van der Waals surface area (Å²) in [4.78, 5) is 27.3. The number of carbonyl (C=O) groups excluding carboxylic acids is 2. The minimum absolute atomic E-state index is 0.0637. The van der Waals surface area contributed by atoms with Gasteiger partial charge in [-0.25, -0.2) is 8.42 Å². The number of aliphatic hydroxyl groups excluding tert-OH is 1. The van der Waals surface area contributed by atoms with Crippen LogP contribution in [0.4, 0.5) is 5.69 Å². The van der Waals surface area contributed by atoms with Crippen molar-refractivity contribution in [2.24, 2.45) is 5.92 Å². The second kappa shape index (κ2) is 16.8. The molecule has 1 saturated carbocycles. The van der Waals surface area contributed by atoms with Crippen LogP contribution in [0.25, 0.3) is 0 Å². The van der Waals surface area contributed by atoms with Crippen molar-refractivity contribution in [3.8, 4) is 5.75 Å². The lowest BCUT2D eigenvalue weighted by molar-refractivity contribution is 0.0830. The molecule has 0 spiro atoms. The maximum absolute atomic E-state index is 13.8. The Bertz CT molecular complexity index is 1590. The van der Waals surface area contributed by atoms with Gasteiger partial charge in [-0.15, -0.1) is 0 Å². The van der Waals surface area contributed by atoms with Gasteiger partial charge in [0.1, 0.15) is 5.75 Å². The Morgan fingerprint density at radius 2 is 1.55 bits per heavy atom. The third kappa shape index (κ3) is 10.5. The molecule has 47 heavy (non-hydrogen) atoms. The van der Waals surface area contributed by atoms with Gasteiger partial charge in [-0.05, 0) is 73.6 Å². The van der Waals surface area contributed by atoms with Crippen LogP contribution < -0.4 is 25.0 Å². The van der Waals surface area contributed by atoms with Crippen LogP contribution in [0.2, 0.25) is 0 Å². The molecule has 0 heterocycles. The topological polar surface area (TPSA) is 137 Å². The Balaban J connectivity index is 1.55. The van der Waals surface area contributed by atoms with Crippen LogP contribution >= 0.6 is 0 Å². The van der Waals surface area contributed by atoms with Gasteiger partial charge in [-0.2, -0.15) is 0 Å². The molecule has 2 amide bonds. The van der Waals surface area contributed by atoms with Gasteiger partial charge in [0.05, 0.1) is 31.2 Å². The van der Waals surface area contributed by atoms with Crippen LogP contribution in [-0.4, -0.2) is 70.5 Å². The van der Waals surface area contributed by atoms with Crippen molar-refractivity contribution in [3.05, 3.63) is 95.1 Å². The van der Waals surface area contributed by atoms with E-state index in [1.807, 2.05) is 61.5 Å². The number of benzene rings is 3. The molecule has 0 saturated heterocycles. The van der Waals surface area contributed by atoms with E-state index in [4.69, 9.17) is 4.74 Å². The van der Waals surface area contributed by atoms with Crippen molar-refractivity contribution in [1.82, 2.24) is 16.0 Å². The molecule has 0 aliphatic heterocycles. The predicted molar refractivity (Wildman–Crippen MR) is 185 cm³/mol. The normalized spacial score (nSPS) is 15.7. The number of carbonyl (C=O) groups is 2. The average Bonchev–Trinajstić information content (AvgIpc) is 3.07. The highest BCUT2D eigenvalue weighted by Gasteiger charge is 2.26. The Hall–Kier alpha value is -3.93. The smallest absolute Gasteiger partial charge is 0.251 e. The van der Waals surface area contributed by atoms with Crippen molar-refractivity contribution >= 4 is 27.5 Å². The maximum Gasteiger partial charge on any atom is 0.251 e. The third-order valence-corrected chi connectivity index (χ3v) is 10.1. The van der Waals surface area contributed by atoms with E-state index >= 15 is 0 Å². The molecule has 0 bridgehead atoms. The zero-order chi connectivity index (χ0) is 34.0. The van der Waals surface area contributed by atoms with Crippen LogP contribution in [0, 0.1) is 5.92 Å². The molecule has 1 aliphatic carbocycles. The van der Waals surface area contributed by atoms with E-state index in [9.17, 15) is 23.1 Å². The van der Waals surface area contributed by atoms with E-state index in [1.165, 1.54) is 31.7 Å². The number of aliphatic hydroxyl groups is 1. The summed E-state index contributed by atoms with van der Waals surface area (Å²) in [5.74, 6) is 0.203. The van der Waals surface area contributed by atoms with Gasteiger partial charge < -0.3 is 25.8 Å². The maximum atomic E-state index is 13.8. The fourth-order valence-electron chi connectivity index (χ4n) is 5.98. The zero-order valence-electron chi connectivity index (χ0n) is 27.7. The molecule has 1 aliphatic rings. The summed E-state index contributed by atoms with van der Waals surface area (Å²) < 4.78 is 31.3. The first-order valence-corrected chi connectivity index (χ1v) is 18.1. The SMILES string of the molecule is COc1cccc(CNC[C@@H](O)[C@H](Cc2ccccc2)NC(=O)c2cc(C(=O)N[C@H](C)C3CCCCC3)cc(N(C)S(C)(=O)=O)c2)c1. The largest absolute Gasteiger partial charge is 0.497 e. The molecule has 3 aromatic rings. The summed E-state index contributed by atoms with van der Waals surface area (Å²) in [6, 6.07) is 20.8. The minimum atomic E-state index is -3.68. The number of nitrogens with one attached hydrogen (secondary N) is 3. The summed E-state index contributed by atoms with van der Waals surface area (Å²) in [6.45, 7) is 2.67. The molecular weight excluding hydrogens is 616 g/mol. The summed E-state index contributed by atoms with van der Waals surface area (Å²) in [5, 5.41) is 20.6. The quantitative estimate of drug-likeness (QED) is 0.190. The van der Waals surface area contributed by atoms with Gasteiger partial charge in [0.15, 0.2) is 0 Å². The lowest BCUT2D eigenvalue weighted by Crippen LogP contribution is -2.48. The molecule has 0 unspecified atom stereocenters. The molecule has 4 N–H and O–H groups in total. The minimum Gasteiger partial charge on any atom is -0.497 e. The van der Waals surface area contributed by atoms with Crippen molar-refractivity contribution in [1.29, 1.82) is 0 Å². The van der Waals surface area contributed by atoms with E-state index < -0.39 is 28.1 Å². The Morgan fingerprint density at radius 3 is 2.19 bits per heavy atom. The molecule has 10 nitrogen and oxygen atoms in total. The summed E-state index contributed by atoms with van der Waals surface area (Å²) >= 11 is 0. The van der Waals surface area contributed by atoms with E-state index in [1.54, 1.807) is 7.11 Å². The van der Waals surface area contributed by atoms with Gasteiger partial charge in [0, 0.05) is 37.3 Å². The number of sulfonamides is 1. The van der Waals surface area contributed by atoms with Crippen LogP contribution in [-0.2, 0) is 23.0 Å². The summed E-state index contributed by atoms with van der Waals surface area (Å²) in [5.41, 5.74) is 2.40. The predicted octanol–water partition coefficient (Wildman–Crippen LogP) is 4.28. The van der Waals surface area contributed by atoms with Crippen LogP contribution in [0.5, 0.6) is 5.75 Å². The average molecular weight is 665 g/mol. The number of rotatable bonds is 15. The monoisotopic (exact) mass is 664 g/mol. The number of hydrogen-bond donors (Lipinski definition) is 4. The van der Waals surface area contributed by atoms with Gasteiger partial charge in [-0.3, -0.25) is 13.9 Å². The Labute approximate surface area is 279 Å². The number of ether oxygens (including phenoxy) is 1. The molecule has 0 radical (unpaired) electrons. The Kier molecular flexibility index (Phi) is 12.8. The third-order valence-electron chi connectivity index (χ3n) is 8.92. The highest BCUT2D eigenvalue weighted by Crippen LogP contribution is 2.27. The Morgan fingerprint density at radius 1 is 0.915 bits per heavy atom. The molecule has 0 aromatic heterocycles. The molecule has 4 rings (SSSR count). The first-order valence-electron chi connectivity index (χ1n) is 16.2. The number of nitrogens with zero attached hydrogens (tertiary/aromatic N) is 1. The molecule has 11 heteroatoms. The number of methoxy groups -OCH3 is 1. The molecular formula is C36H48N4O6S. The zero-order valence-corrected chi connectivity index (χ0v) is 28.6. The van der Waals surface area contributed by atoms with Gasteiger partial charge in [-0.1, -0.05) is 61.7 Å². The highest BCUT2D eigenvalue weighted by atomic mass is 32.2. The standard InChI is InChI=1S/C36H48N4O6S/c1-25(28-15-9-6-10-16-28)38-35(42)29-20-30(22-31(21-29)40(2)47(4,44)45)36(43)39-33(19-26-12-7-5-8-13-26)34(41)24-37-23-27-14-11-17-32(18-27)46-3/h5,7-8,11-14,17-18,20-22,25,28,33-34,37,41H,6,9-10,15-16,19,23-24H2,1-4H3,(H,38,42)(H,39,43)/t25-,33+,34-/m1/s1. The van der Waals surface area contributed by atoms with Crippen molar-refractivity contribution in [3.63, 3.8) is 0 Å². The van der Waals surface area contributed by atoms with Crippen LogP contribution in [0.3, 0.4) is 0 Å². The van der Waals surface area contributed by atoms with Crippen molar-refractivity contribution in [2.75, 3.05) is 31.3 Å².